The van der Waals surface area contributed by atoms with Crippen LogP contribution in [0, 0.1) is 5.92 Å². The zero-order valence-electron chi connectivity index (χ0n) is 9.28. The molecule has 0 aromatic rings. The van der Waals surface area contributed by atoms with Gasteiger partial charge in [-0.2, -0.15) is 0 Å². The van der Waals surface area contributed by atoms with Crippen molar-refractivity contribution in [3.63, 3.8) is 0 Å². The number of carbonyl (C=O) groups is 1. The van der Waals surface area contributed by atoms with Crippen LogP contribution in [-0.4, -0.2) is 49.8 Å². The van der Waals surface area contributed by atoms with Gasteiger partial charge in [0.05, 0.1) is 19.3 Å². The van der Waals surface area contributed by atoms with E-state index in [0.717, 1.165) is 32.6 Å². The Balaban J connectivity index is 1.92. The maximum atomic E-state index is 12.2. The molecule has 0 aliphatic carbocycles. The van der Waals surface area contributed by atoms with Crippen LogP contribution in [0.5, 0.6) is 0 Å². The van der Waals surface area contributed by atoms with E-state index in [1.807, 2.05) is 4.90 Å². The van der Waals surface area contributed by atoms with Crippen LogP contribution in [0.25, 0.3) is 0 Å². The Bertz CT molecular complexity index is 226. The molecule has 4 heteroatoms. The second kappa shape index (κ2) is 4.94. The number of carbonyl (C=O) groups excluding carboxylic acids is 1. The predicted octanol–water partition coefficient (Wildman–Crippen LogP) is 0.660. The summed E-state index contributed by atoms with van der Waals surface area (Å²) in [6.45, 7) is 5.62. The van der Waals surface area contributed by atoms with Crippen LogP contribution in [0.2, 0.25) is 0 Å². The molecule has 0 bridgehead atoms. The van der Waals surface area contributed by atoms with Gasteiger partial charge in [0, 0.05) is 25.7 Å². The monoisotopic (exact) mass is 213 g/mol. The molecule has 0 spiro atoms. The van der Waals surface area contributed by atoms with E-state index in [2.05, 4.69) is 6.92 Å². The lowest BCUT2D eigenvalue weighted by Crippen LogP contribution is -2.50. The first-order chi connectivity index (χ1) is 7.29. The van der Waals surface area contributed by atoms with E-state index in [9.17, 15) is 4.79 Å². The van der Waals surface area contributed by atoms with Gasteiger partial charge in [-0.25, -0.2) is 0 Å². The van der Waals surface area contributed by atoms with Gasteiger partial charge >= 0.3 is 0 Å². The summed E-state index contributed by atoms with van der Waals surface area (Å²) < 4.78 is 10.6. The Labute approximate surface area is 90.5 Å². The van der Waals surface area contributed by atoms with Crippen molar-refractivity contribution in [2.75, 3.05) is 33.0 Å². The molecular weight excluding hydrogens is 194 g/mol. The summed E-state index contributed by atoms with van der Waals surface area (Å²) in [6, 6.07) is 0.231. The quantitative estimate of drug-likeness (QED) is 0.642. The lowest BCUT2D eigenvalue weighted by molar-refractivity contribution is -0.146. The number of amides is 1. The molecule has 0 saturated carbocycles. The number of ether oxygens (including phenoxy) is 2. The zero-order chi connectivity index (χ0) is 10.7. The Kier molecular flexibility index (Phi) is 3.59. The minimum Gasteiger partial charge on any atom is -0.381 e. The van der Waals surface area contributed by atoms with Crippen LogP contribution in [-0.2, 0) is 14.3 Å². The van der Waals surface area contributed by atoms with Gasteiger partial charge in [0.2, 0.25) is 5.91 Å². The van der Waals surface area contributed by atoms with Crippen molar-refractivity contribution in [2.45, 2.75) is 25.8 Å². The fourth-order valence-corrected chi connectivity index (χ4v) is 2.23. The summed E-state index contributed by atoms with van der Waals surface area (Å²) >= 11 is 0. The summed E-state index contributed by atoms with van der Waals surface area (Å²) in [7, 11) is 0. The molecular formula is C11H19NO3. The fourth-order valence-electron chi connectivity index (χ4n) is 2.23. The molecule has 1 atom stereocenters. The number of hydrogen-bond acceptors (Lipinski definition) is 3. The van der Waals surface area contributed by atoms with Crippen LogP contribution in [0.1, 0.15) is 19.8 Å². The minimum atomic E-state index is 0.180. The minimum absolute atomic E-state index is 0.180. The van der Waals surface area contributed by atoms with E-state index >= 15 is 0 Å². The molecule has 0 aromatic heterocycles. The summed E-state index contributed by atoms with van der Waals surface area (Å²) in [4.78, 5) is 14.2. The average molecular weight is 213 g/mol. The largest absolute Gasteiger partial charge is 0.381 e. The normalized spacial score (nSPS) is 29.1. The molecule has 0 aromatic carbocycles. The first-order valence-corrected chi connectivity index (χ1v) is 5.75. The second-order valence-corrected chi connectivity index (χ2v) is 4.34. The van der Waals surface area contributed by atoms with E-state index in [1.54, 1.807) is 0 Å². The molecule has 86 valence electrons. The van der Waals surface area contributed by atoms with E-state index < -0.39 is 0 Å². The standard InChI is InChI=1S/C11H19NO3/c1-9-8-15-7-4-12(9)11(13)10-2-5-14-6-3-10/h9-10H,2-8H2,1H3/t9-/m0/s1. The molecule has 0 radical (unpaired) electrons. The van der Waals surface area contributed by atoms with Crippen molar-refractivity contribution in [1.29, 1.82) is 0 Å². The summed E-state index contributed by atoms with van der Waals surface area (Å²) in [5.41, 5.74) is 0. The van der Waals surface area contributed by atoms with Gasteiger partial charge in [0.15, 0.2) is 0 Å². The Morgan fingerprint density at radius 1 is 1.20 bits per heavy atom. The fraction of sp³-hybridized carbons (Fsp3) is 0.909. The summed E-state index contributed by atoms with van der Waals surface area (Å²) in [5.74, 6) is 0.480. The van der Waals surface area contributed by atoms with Crippen LogP contribution in [0.3, 0.4) is 0 Å². The van der Waals surface area contributed by atoms with Gasteiger partial charge in [-0.15, -0.1) is 0 Å². The molecule has 2 heterocycles. The first-order valence-electron chi connectivity index (χ1n) is 5.75. The highest BCUT2D eigenvalue weighted by molar-refractivity contribution is 5.79. The van der Waals surface area contributed by atoms with Crippen LogP contribution >= 0.6 is 0 Å². The number of rotatable bonds is 1. The maximum absolute atomic E-state index is 12.2. The van der Waals surface area contributed by atoms with Gasteiger partial charge in [0.25, 0.3) is 0 Å². The zero-order valence-corrected chi connectivity index (χ0v) is 9.28. The predicted molar refractivity (Wildman–Crippen MR) is 55.5 cm³/mol. The lowest BCUT2D eigenvalue weighted by atomic mass is 9.98. The molecule has 2 rings (SSSR count). The van der Waals surface area contributed by atoms with Crippen molar-refractivity contribution in [2.24, 2.45) is 5.92 Å². The van der Waals surface area contributed by atoms with Gasteiger partial charge < -0.3 is 14.4 Å². The number of morpholine rings is 1. The Morgan fingerprint density at radius 3 is 2.60 bits per heavy atom. The average Bonchev–Trinajstić information content (AvgIpc) is 2.30. The smallest absolute Gasteiger partial charge is 0.226 e. The SMILES string of the molecule is C[C@H]1COCCN1C(=O)C1CCOCC1. The molecule has 2 aliphatic rings. The van der Waals surface area contributed by atoms with E-state index in [1.165, 1.54) is 0 Å². The van der Waals surface area contributed by atoms with Crippen LogP contribution < -0.4 is 0 Å². The number of nitrogens with zero attached hydrogens (tertiary/aromatic N) is 1. The summed E-state index contributed by atoms with van der Waals surface area (Å²) in [5, 5.41) is 0. The number of hydrogen-bond donors (Lipinski definition) is 0. The highest BCUT2D eigenvalue weighted by atomic mass is 16.5. The molecule has 2 saturated heterocycles. The van der Waals surface area contributed by atoms with E-state index in [0.29, 0.717) is 19.1 Å². The van der Waals surface area contributed by atoms with Crippen molar-refractivity contribution in [3.05, 3.63) is 0 Å². The first kappa shape index (κ1) is 10.9. The third-order valence-corrected chi connectivity index (χ3v) is 3.22. The third-order valence-electron chi connectivity index (χ3n) is 3.22. The van der Waals surface area contributed by atoms with Crippen LogP contribution in [0.4, 0.5) is 0 Å². The molecule has 4 nitrogen and oxygen atoms in total. The molecule has 0 N–H and O–H groups in total. The van der Waals surface area contributed by atoms with Crippen LogP contribution in [0.15, 0.2) is 0 Å². The van der Waals surface area contributed by atoms with Crippen molar-refractivity contribution in [3.8, 4) is 0 Å². The molecule has 1 amide bonds. The lowest BCUT2D eigenvalue weighted by Gasteiger charge is -2.36. The maximum Gasteiger partial charge on any atom is 0.226 e. The van der Waals surface area contributed by atoms with Crippen molar-refractivity contribution < 1.29 is 14.3 Å². The van der Waals surface area contributed by atoms with Crippen molar-refractivity contribution >= 4 is 5.91 Å². The van der Waals surface area contributed by atoms with Gasteiger partial charge in [-0.1, -0.05) is 0 Å². The highest BCUT2D eigenvalue weighted by Gasteiger charge is 2.30. The highest BCUT2D eigenvalue weighted by Crippen LogP contribution is 2.20. The second-order valence-electron chi connectivity index (χ2n) is 4.34. The molecule has 2 fully saturated rings. The van der Waals surface area contributed by atoms with Crippen molar-refractivity contribution in [1.82, 2.24) is 4.90 Å². The molecule has 15 heavy (non-hydrogen) atoms. The molecule has 2 aliphatic heterocycles. The van der Waals surface area contributed by atoms with Gasteiger partial charge in [0.1, 0.15) is 0 Å². The topological polar surface area (TPSA) is 38.8 Å². The Morgan fingerprint density at radius 2 is 1.93 bits per heavy atom. The Hall–Kier alpha value is -0.610. The third kappa shape index (κ3) is 2.49. The summed E-state index contributed by atoms with van der Waals surface area (Å²) in [6.07, 6.45) is 1.76. The van der Waals surface area contributed by atoms with Gasteiger partial charge in [-0.3, -0.25) is 4.79 Å². The van der Waals surface area contributed by atoms with E-state index in [4.69, 9.17) is 9.47 Å². The van der Waals surface area contributed by atoms with Gasteiger partial charge in [-0.05, 0) is 19.8 Å². The van der Waals surface area contributed by atoms with E-state index in [-0.39, 0.29) is 12.0 Å². The molecule has 0 unspecified atom stereocenters.